The number of nitrogens with one attached hydrogen (secondary N) is 1. The number of hydrogen-bond donors (Lipinski definition) is 5. The summed E-state index contributed by atoms with van der Waals surface area (Å²) in [4.78, 5) is 10.6. The number of benzene rings is 1. The quantitative estimate of drug-likeness (QED) is 0.329. The Balaban J connectivity index is 2.24. The normalized spacial score (nSPS) is 30.0. The molecule has 1 saturated heterocycles. The highest BCUT2D eigenvalue weighted by Crippen LogP contribution is 2.31. The third-order valence-electron chi connectivity index (χ3n) is 3.67. The van der Waals surface area contributed by atoms with Gasteiger partial charge in [-0.3, -0.25) is 10.1 Å². The van der Waals surface area contributed by atoms with E-state index in [0.29, 0.717) is 12.4 Å². The van der Waals surface area contributed by atoms with Gasteiger partial charge in [0.2, 0.25) is 0 Å². The maximum atomic E-state index is 11.2. The summed E-state index contributed by atoms with van der Waals surface area (Å²) < 4.78 is 10.5. The Bertz CT molecular complexity index is 582. The summed E-state index contributed by atoms with van der Waals surface area (Å²) in [5.74, 6) is 0.309. The molecule has 1 fully saturated rings. The van der Waals surface area contributed by atoms with Crippen molar-refractivity contribution in [3.05, 3.63) is 28.3 Å². The summed E-state index contributed by atoms with van der Waals surface area (Å²) >= 11 is 0. The molecule has 0 saturated carbocycles. The van der Waals surface area contributed by atoms with Crippen LogP contribution in [0, 0.1) is 10.1 Å². The molecule has 1 aromatic rings. The second-order valence-corrected chi connectivity index (χ2v) is 5.26. The van der Waals surface area contributed by atoms with Crippen LogP contribution in [-0.4, -0.2) is 69.2 Å². The lowest BCUT2D eigenvalue weighted by Crippen LogP contribution is -2.60. The van der Waals surface area contributed by atoms with Gasteiger partial charge in [-0.2, -0.15) is 0 Å². The third-order valence-corrected chi connectivity index (χ3v) is 3.67. The molecule has 10 heteroatoms. The van der Waals surface area contributed by atoms with Gasteiger partial charge in [-0.15, -0.1) is 0 Å². The predicted molar refractivity (Wildman–Crippen MR) is 81.7 cm³/mol. The fraction of sp³-hybridized carbons (Fsp3) is 0.571. The van der Waals surface area contributed by atoms with Crippen molar-refractivity contribution in [2.24, 2.45) is 0 Å². The largest absolute Gasteiger partial charge is 0.494 e. The first-order chi connectivity index (χ1) is 11.4. The van der Waals surface area contributed by atoms with Gasteiger partial charge in [-0.25, -0.2) is 0 Å². The Labute approximate surface area is 137 Å². The molecule has 5 N–H and O–H groups in total. The summed E-state index contributed by atoms with van der Waals surface area (Å²) in [7, 11) is 0. The molecule has 1 aliphatic rings. The van der Waals surface area contributed by atoms with Gasteiger partial charge < -0.3 is 35.2 Å². The molecule has 24 heavy (non-hydrogen) atoms. The molecule has 0 bridgehead atoms. The predicted octanol–water partition coefficient (Wildman–Crippen LogP) is -0.795. The fourth-order valence-corrected chi connectivity index (χ4v) is 2.42. The molecule has 10 nitrogen and oxygen atoms in total. The highest BCUT2D eigenvalue weighted by atomic mass is 16.6. The molecule has 1 aromatic carbocycles. The Hall–Kier alpha value is -1.98. The van der Waals surface area contributed by atoms with E-state index < -0.39 is 42.2 Å². The standard InChI is InChI=1S/C14H20N2O8/c1-2-23-7-3-4-8(9(5-7)16(21)22)15-14-13(20)12(19)11(18)10(6-17)24-14/h3-5,10-15,17-20H,2,6H2,1H3/t10-,11+,12-,13-,14-/m1/s1. The summed E-state index contributed by atoms with van der Waals surface area (Å²) in [5, 5.41) is 52.4. The highest BCUT2D eigenvalue weighted by Gasteiger charge is 2.43. The molecule has 0 amide bonds. The van der Waals surface area contributed by atoms with Crippen molar-refractivity contribution in [3.8, 4) is 5.75 Å². The smallest absolute Gasteiger partial charge is 0.296 e. The van der Waals surface area contributed by atoms with Gasteiger partial charge in [0.1, 0.15) is 35.9 Å². The highest BCUT2D eigenvalue weighted by molar-refractivity contribution is 5.64. The number of anilines is 1. The maximum Gasteiger partial charge on any atom is 0.296 e. The molecule has 0 aliphatic carbocycles. The van der Waals surface area contributed by atoms with Crippen LogP contribution in [0.15, 0.2) is 18.2 Å². The van der Waals surface area contributed by atoms with Crippen LogP contribution < -0.4 is 10.1 Å². The monoisotopic (exact) mass is 344 g/mol. The topological polar surface area (TPSA) is 155 Å². The van der Waals surface area contributed by atoms with Crippen LogP contribution in [0.1, 0.15) is 6.92 Å². The molecule has 1 heterocycles. The minimum Gasteiger partial charge on any atom is -0.494 e. The van der Waals surface area contributed by atoms with Gasteiger partial charge in [-0.1, -0.05) is 0 Å². The number of hydrogen-bond acceptors (Lipinski definition) is 9. The molecular weight excluding hydrogens is 324 g/mol. The van der Waals surface area contributed by atoms with Crippen molar-refractivity contribution < 1.29 is 34.8 Å². The molecule has 2 rings (SSSR count). The Morgan fingerprint density at radius 2 is 2.00 bits per heavy atom. The van der Waals surface area contributed by atoms with E-state index in [1.54, 1.807) is 6.92 Å². The van der Waals surface area contributed by atoms with Crippen molar-refractivity contribution in [3.63, 3.8) is 0 Å². The van der Waals surface area contributed by atoms with Gasteiger partial charge in [0.15, 0.2) is 6.23 Å². The molecule has 5 atom stereocenters. The van der Waals surface area contributed by atoms with Crippen LogP contribution in [0.4, 0.5) is 11.4 Å². The lowest BCUT2D eigenvalue weighted by Gasteiger charge is -2.40. The molecule has 0 spiro atoms. The summed E-state index contributed by atoms with van der Waals surface area (Å²) in [6.07, 6.45) is -6.98. The fourth-order valence-electron chi connectivity index (χ4n) is 2.42. The van der Waals surface area contributed by atoms with Crippen LogP contribution in [0.25, 0.3) is 0 Å². The van der Waals surface area contributed by atoms with Gasteiger partial charge in [-0.05, 0) is 19.1 Å². The van der Waals surface area contributed by atoms with E-state index in [2.05, 4.69) is 5.32 Å². The third kappa shape index (κ3) is 3.74. The van der Waals surface area contributed by atoms with E-state index in [1.807, 2.05) is 0 Å². The van der Waals surface area contributed by atoms with Gasteiger partial charge >= 0.3 is 0 Å². The van der Waals surface area contributed by atoms with E-state index in [-0.39, 0.29) is 11.4 Å². The van der Waals surface area contributed by atoms with E-state index in [9.17, 15) is 25.4 Å². The zero-order chi connectivity index (χ0) is 17.9. The van der Waals surface area contributed by atoms with E-state index in [1.165, 1.54) is 18.2 Å². The molecule has 0 aromatic heterocycles. The summed E-state index contributed by atoms with van der Waals surface area (Å²) in [6.45, 7) is 1.50. The van der Waals surface area contributed by atoms with E-state index >= 15 is 0 Å². The summed E-state index contributed by atoms with van der Waals surface area (Å²) in [6, 6.07) is 4.10. The van der Waals surface area contributed by atoms with Gasteiger partial charge in [0.25, 0.3) is 5.69 Å². The van der Waals surface area contributed by atoms with E-state index in [4.69, 9.17) is 14.6 Å². The number of aliphatic hydroxyl groups is 4. The second-order valence-electron chi connectivity index (χ2n) is 5.26. The number of nitrogens with zero attached hydrogens (tertiary/aromatic N) is 1. The zero-order valence-corrected chi connectivity index (χ0v) is 12.9. The molecule has 0 unspecified atom stereocenters. The lowest BCUT2D eigenvalue weighted by atomic mass is 9.98. The number of nitro benzene ring substituents is 1. The minimum absolute atomic E-state index is 0.0350. The van der Waals surface area contributed by atoms with Gasteiger partial charge in [0.05, 0.1) is 24.2 Å². The van der Waals surface area contributed by atoms with Crippen LogP contribution in [0.2, 0.25) is 0 Å². The van der Waals surface area contributed by atoms with Crippen LogP contribution in [-0.2, 0) is 4.74 Å². The lowest BCUT2D eigenvalue weighted by molar-refractivity contribution is -0.384. The Kier molecular flexibility index (Phi) is 5.91. The average Bonchev–Trinajstić information content (AvgIpc) is 2.56. The first-order valence-corrected chi connectivity index (χ1v) is 7.37. The first kappa shape index (κ1) is 18.4. The van der Waals surface area contributed by atoms with Crippen molar-refractivity contribution in [1.29, 1.82) is 0 Å². The van der Waals surface area contributed by atoms with Crippen LogP contribution in [0.3, 0.4) is 0 Å². The molecular formula is C14H20N2O8. The Morgan fingerprint density at radius 1 is 1.29 bits per heavy atom. The molecule has 0 radical (unpaired) electrons. The van der Waals surface area contributed by atoms with Crippen molar-refractivity contribution in [1.82, 2.24) is 0 Å². The minimum atomic E-state index is -1.57. The SMILES string of the molecule is CCOc1ccc(N[C@@H]2O[C@H](CO)[C@H](O)[C@@H](O)[C@H]2O)c([N+](=O)[O-])c1. The Morgan fingerprint density at radius 3 is 2.58 bits per heavy atom. The average molecular weight is 344 g/mol. The zero-order valence-electron chi connectivity index (χ0n) is 12.9. The summed E-state index contributed by atoms with van der Waals surface area (Å²) in [5.41, 5.74) is -0.273. The first-order valence-electron chi connectivity index (χ1n) is 7.37. The number of aliphatic hydroxyl groups excluding tert-OH is 4. The second kappa shape index (κ2) is 7.73. The number of rotatable bonds is 6. The van der Waals surface area contributed by atoms with Gasteiger partial charge in [0, 0.05) is 0 Å². The number of nitro groups is 1. The molecule has 134 valence electrons. The van der Waals surface area contributed by atoms with Crippen molar-refractivity contribution >= 4 is 11.4 Å². The molecule has 1 aliphatic heterocycles. The number of ether oxygens (including phenoxy) is 2. The van der Waals surface area contributed by atoms with Crippen LogP contribution >= 0.6 is 0 Å². The maximum absolute atomic E-state index is 11.2. The van der Waals surface area contributed by atoms with Crippen molar-refractivity contribution in [2.45, 2.75) is 37.6 Å². The van der Waals surface area contributed by atoms with E-state index in [0.717, 1.165) is 0 Å². The van der Waals surface area contributed by atoms with Crippen LogP contribution in [0.5, 0.6) is 5.75 Å². The van der Waals surface area contributed by atoms with Crippen molar-refractivity contribution in [2.75, 3.05) is 18.5 Å².